The minimum atomic E-state index is 0. The molecule has 6 heteroatoms. The Labute approximate surface area is 131 Å². The summed E-state index contributed by atoms with van der Waals surface area (Å²) in [6.07, 6.45) is 1.09. The van der Waals surface area contributed by atoms with Crippen molar-refractivity contribution >= 4 is 41.3 Å². The van der Waals surface area contributed by atoms with Gasteiger partial charge in [-0.3, -0.25) is 4.99 Å². The Bertz CT molecular complexity index is 363. The zero-order valence-corrected chi connectivity index (χ0v) is 14.6. The molecule has 4 nitrogen and oxygen atoms in total. The van der Waals surface area contributed by atoms with Crippen molar-refractivity contribution in [3.63, 3.8) is 0 Å². The average molecular weight is 382 g/mol. The second-order valence-electron chi connectivity index (χ2n) is 4.17. The van der Waals surface area contributed by atoms with Crippen molar-refractivity contribution in [2.24, 2.45) is 4.99 Å². The molecule has 0 aliphatic carbocycles. The minimum Gasteiger partial charge on any atom is -0.356 e. The molecule has 0 aliphatic heterocycles. The predicted molar refractivity (Wildman–Crippen MR) is 90.1 cm³/mol. The number of nitrogens with zero attached hydrogens (tertiary/aromatic N) is 2. The number of aliphatic imine (C=N–C) groups is 1. The predicted octanol–water partition coefficient (Wildman–Crippen LogP) is 2.96. The summed E-state index contributed by atoms with van der Waals surface area (Å²) < 4.78 is 0. The van der Waals surface area contributed by atoms with Gasteiger partial charge in [-0.25, -0.2) is 4.98 Å². The van der Waals surface area contributed by atoms with E-state index >= 15 is 0 Å². The lowest BCUT2D eigenvalue weighted by Gasteiger charge is -2.09. The standard InChI is InChI=1S/C12H22N4S.HI/c1-5-6-14-12(13-4)15-7-11-16-10(8-17-11)9(2)3;/h8-9H,5-7H2,1-4H3,(H2,13,14,15);1H. The Morgan fingerprint density at radius 3 is 2.67 bits per heavy atom. The number of thiazole rings is 1. The van der Waals surface area contributed by atoms with Crippen LogP contribution in [0.15, 0.2) is 10.4 Å². The molecule has 0 atom stereocenters. The van der Waals surface area contributed by atoms with Crippen LogP contribution in [0.1, 0.15) is 43.8 Å². The molecule has 104 valence electrons. The molecule has 1 heterocycles. The van der Waals surface area contributed by atoms with Gasteiger partial charge in [-0.2, -0.15) is 0 Å². The number of aromatic nitrogens is 1. The van der Waals surface area contributed by atoms with Gasteiger partial charge in [0.2, 0.25) is 0 Å². The van der Waals surface area contributed by atoms with E-state index in [4.69, 9.17) is 0 Å². The lowest BCUT2D eigenvalue weighted by molar-refractivity contribution is 0.770. The van der Waals surface area contributed by atoms with E-state index in [9.17, 15) is 0 Å². The van der Waals surface area contributed by atoms with Gasteiger partial charge >= 0.3 is 0 Å². The van der Waals surface area contributed by atoms with Gasteiger partial charge in [0.15, 0.2) is 5.96 Å². The molecule has 1 rings (SSSR count). The topological polar surface area (TPSA) is 49.3 Å². The van der Waals surface area contributed by atoms with E-state index in [1.165, 1.54) is 5.69 Å². The molecule has 0 bridgehead atoms. The van der Waals surface area contributed by atoms with Crippen molar-refractivity contribution < 1.29 is 0 Å². The van der Waals surface area contributed by atoms with Crippen LogP contribution in [0.4, 0.5) is 0 Å². The van der Waals surface area contributed by atoms with Crippen LogP contribution in [0.25, 0.3) is 0 Å². The summed E-state index contributed by atoms with van der Waals surface area (Å²) in [5.41, 5.74) is 1.17. The summed E-state index contributed by atoms with van der Waals surface area (Å²) in [7, 11) is 1.78. The molecule has 0 unspecified atom stereocenters. The van der Waals surface area contributed by atoms with Crippen LogP contribution in [0.3, 0.4) is 0 Å². The molecule has 1 aromatic rings. The molecule has 0 saturated heterocycles. The highest BCUT2D eigenvalue weighted by Gasteiger charge is 2.05. The van der Waals surface area contributed by atoms with Gasteiger partial charge in [0, 0.05) is 19.0 Å². The Morgan fingerprint density at radius 2 is 2.17 bits per heavy atom. The van der Waals surface area contributed by atoms with E-state index in [0.717, 1.165) is 30.5 Å². The van der Waals surface area contributed by atoms with Crippen LogP contribution in [0.2, 0.25) is 0 Å². The molecule has 0 spiro atoms. The first kappa shape index (κ1) is 17.6. The van der Waals surface area contributed by atoms with Crippen LogP contribution in [-0.4, -0.2) is 24.5 Å². The van der Waals surface area contributed by atoms with Gasteiger partial charge in [0.05, 0.1) is 12.2 Å². The second kappa shape index (κ2) is 9.55. The van der Waals surface area contributed by atoms with Gasteiger partial charge in [0.1, 0.15) is 5.01 Å². The Balaban J connectivity index is 0.00000289. The number of nitrogens with one attached hydrogen (secondary N) is 2. The minimum absolute atomic E-state index is 0. The van der Waals surface area contributed by atoms with Gasteiger partial charge in [-0.05, 0) is 12.3 Å². The van der Waals surface area contributed by atoms with E-state index in [-0.39, 0.29) is 24.0 Å². The van der Waals surface area contributed by atoms with Crippen molar-refractivity contribution in [2.75, 3.05) is 13.6 Å². The van der Waals surface area contributed by atoms with Gasteiger partial charge in [0.25, 0.3) is 0 Å². The summed E-state index contributed by atoms with van der Waals surface area (Å²) in [4.78, 5) is 8.72. The van der Waals surface area contributed by atoms with Gasteiger partial charge in [-0.15, -0.1) is 35.3 Å². The van der Waals surface area contributed by atoms with Crippen LogP contribution in [-0.2, 0) is 6.54 Å². The third-order valence-electron chi connectivity index (χ3n) is 2.33. The number of halogens is 1. The van der Waals surface area contributed by atoms with E-state index < -0.39 is 0 Å². The Kier molecular flexibility index (Phi) is 9.35. The lowest BCUT2D eigenvalue weighted by atomic mass is 10.2. The molecule has 0 amide bonds. The number of hydrogen-bond acceptors (Lipinski definition) is 3. The first-order chi connectivity index (χ1) is 8.17. The fourth-order valence-corrected chi connectivity index (χ4v) is 2.19. The molecular weight excluding hydrogens is 359 g/mol. The Morgan fingerprint density at radius 1 is 1.44 bits per heavy atom. The maximum atomic E-state index is 4.57. The largest absolute Gasteiger partial charge is 0.356 e. The number of rotatable bonds is 5. The summed E-state index contributed by atoms with van der Waals surface area (Å²) in [6, 6.07) is 0. The quantitative estimate of drug-likeness (QED) is 0.468. The van der Waals surface area contributed by atoms with Gasteiger partial charge in [-0.1, -0.05) is 20.8 Å². The van der Waals surface area contributed by atoms with Gasteiger partial charge < -0.3 is 10.6 Å². The maximum absolute atomic E-state index is 4.57. The molecule has 18 heavy (non-hydrogen) atoms. The third-order valence-corrected chi connectivity index (χ3v) is 3.20. The molecule has 0 fully saturated rings. The van der Waals surface area contributed by atoms with E-state index in [2.05, 4.69) is 46.8 Å². The smallest absolute Gasteiger partial charge is 0.191 e. The highest BCUT2D eigenvalue weighted by atomic mass is 127. The fourth-order valence-electron chi connectivity index (χ4n) is 1.29. The average Bonchev–Trinajstić information content (AvgIpc) is 2.78. The summed E-state index contributed by atoms with van der Waals surface area (Å²) in [6.45, 7) is 8.13. The van der Waals surface area contributed by atoms with E-state index in [0.29, 0.717) is 5.92 Å². The monoisotopic (exact) mass is 382 g/mol. The first-order valence-electron chi connectivity index (χ1n) is 6.06. The molecule has 2 N–H and O–H groups in total. The van der Waals surface area contributed by atoms with E-state index in [1.54, 1.807) is 18.4 Å². The number of guanidine groups is 1. The maximum Gasteiger partial charge on any atom is 0.191 e. The normalized spacial score (nSPS) is 11.3. The summed E-state index contributed by atoms with van der Waals surface area (Å²) in [5.74, 6) is 1.34. The zero-order chi connectivity index (χ0) is 12.7. The molecular formula is C12H23IN4S. The fraction of sp³-hybridized carbons (Fsp3) is 0.667. The van der Waals surface area contributed by atoms with Crippen molar-refractivity contribution in [3.05, 3.63) is 16.1 Å². The van der Waals surface area contributed by atoms with Crippen LogP contribution < -0.4 is 10.6 Å². The molecule has 0 radical (unpaired) electrons. The lowest BCUT2D eigenvalue weighted by Crippen LogP contribution is -2.37. The van der Waals surface area contributed by atoms with Crippen LogP contribution >= 0.6 is 35.3 Å². The molecule has 0 aromatic carbocycles. The second-order valence-corrected chi connectivity index (χ2v) is 5.12. The van der Waals surface area contributed by atoms with Crippen molar-refractivity contribution in [1.29, 1.82) is 0 Å². The van der Waals surface area contributed by atoms with Crippen molar-refractivity contribution in [3.8, 4) is 0 Å². The molecule has 1 aromatic heterocycles. The van der Waals surface area contributed by atoms with Crippen LogP contribution in [0.5, 0.6) is 0 Å². The van der Waals surface area contributed by atoms with E-state index in [1.807, 2.05) is 0 Å². The summed E-state index contributed by atoms with van der Waals surface area (Å²) >= 11 is 1.70. The van der Waals surface area contributed by atoms with Crippen molar-refractivity contribution in [1.82, 2.24) is 15.6 Å². The zero-order valence-electron chi connectivity index (χ0n) is 11.5. The van der Waals surface area contributed by atoms with Crippen LogP contribution in [0, 0.1) is 0 Å². The first-order valence-corrected chi connectivity index (χ1v) is 6.94. The Hall–Kier alpha value is -0.370. The third kappa shape index (κ3) is 5.99. The SMILES string of the molecule is CCCNC(=NC)NCc1nc(C(C)C)cs1.I. The van der Waals surface area contributed by atoms with Crippen molar-refractivity contribution in [2.45, 2.75) is 39.7 Å². The molecule has 0 aliphatic rings. The summed E-state index contributed by atoms with van der Waals surface area (Å²) in [5, 5.41) is 9.73. The number of hydrogen-bond donors (Lipinski definition) is 2. The highest BCUT2D eigenvalue weighted by Crippen LogP contribution is 2.17. The molecule has 0 saturated carbocycles. The highest BCUT2D eigenvalue weighted by molar-refractivity contribution is 14.0.